The van der Waals surface area contributed by atoms with Gasteiger partial charge in [-0.15, -0.1) is 11.3 Å². The van der Waals surface area contributed by atoms with Crippen LogP contribution in [0.1, 0.15) is 0 Å². The van der Waals surface area contributed by atoms with E-state index in [1.54, 1.807) is 11.3 Å². The third kappa shape index (κ3) is 0.930. The SMILES string of the molecule is Nc1cccc2c1sc1cccnc12. The molecule has 68 valence electrons. The molecule has 0 aliphatic heterocycles. The lowest BCUT2D eigenvalue weighted by molar-refractivity contribution is 1.44. The van der Waals surface area contributed by atoms with E-state index in [0.717, 1.165) is 21.3 Å². The van der Waals surface area contributed by atoms with Crippen LogP contribution in [0.25, 0.3) is 20.3 Å². The lowest BCUT2D eigenvalue weighted by atomic mass is 10.2. The standard InChI is InChI=1S/C11H8N2S/c12-8-4-1-3-7-10-9(14-11(7)8)5-2-6-13-10/h1-6H,12H2. The van der Waals surface area contributed by atoms with Crippen molar-refractivity contribution in [3.63, 3.8) is 0 Å². The average Bonchev–Trinajstić information content (AvgIpc) is 2.59. The maximum atomic E-state index is 5.90. The van der Waals surface area contributed by atoms with Crippen LogP contribution in [0.3, 0.4) is 0 Å². The Bertz CT molecular complexity index is 613. The fraction of sp³-hybridized carbons (Fsp3) is 0. The largest absolute Gasteiger partial charge is 0.398 e. The number of nitrogens with two attached hydrogens (primary N) is 1. The van der Waals surface area contributed by atoms with Crippen molar-refractivity contribution in [2.75, 3.05) is 5.73 Å². The first-order valence-corrected chi connectivity index (χ1v) is 5.19. The number of hydrogen-bond acceptors (Lipinski definition) is 3. The van der Waals surface area contributed by atoms with Crippen LogP contribution in [0.15, 0.2) is 36.5 Å². The molecule has 0 amide bonds. The summed E-state index contributed by atoms with van der Waals surface area (Å²) >= 11 is 1.70. The van der Waals surface area contributed by atoms with E-state index in [9.17, 15) is 0 Å². The number of benzene rings is 1. The Hall–Kier alpha value is -1.61. The second-order valence-electron chi connectivity index (χ2n) is 3.18. The minimum Gasteiger partial charge on any atom is -0.398 e. The van der Waals surface area contributed by atoms with Crippen molar-refractivity contribution >= 4 is 37.3 Å². The number of fused-ring (bicyclic) bond motifs is 3. The zero-order valence-electron chi connectivity index (χ0n) is 7.40. The predicted molar refractivity (Wildman–Crippen MR) is 61.5 cm³/mol. The normalized spacial score (nSPS) is 11.1. The minimum atomic E-state index is 0.838. The lowest BCUT2D eigenvalue weighted by Gasteiger charge is -1.93. The van der Waals surface area contributed by atoms with Gasteiger partial charge in [0.1, 0.15) is 0 Å². The third-order valence-corrected chi connectivity index (χ3v) is 3.49. The van der Waals surface area contributed by atoms with Crippen molar-refractivity contribution in [2.45, 2.75) is 0 Å². The number of hydrogen-bond donors (Lipinski definition) is 1. The van der Waals surface area contributed by atoms with Crippen molar-refractivity contribution in [3.05, 3.63) is 36.5 Å². The molecular formula is C11H8N2S. The molecule has 1 aromatic carbocycles. The van der Waals surface area contributed by atoms with Gasteiger partial charge in [-0.25, -0.2) is 0 Å². The van der Waals surface area contributed by atoms with Gasteiger partial charge >= 0.3 is 0 Å². The van der Waals surface area contributed by atoms with Gasteiger partial charge in [0.2, 0.25) is 0 Å². The number of aromatic nitrogens is 1. The molecule has 3 rings (SSSR count). The first-order valence-electron chi connectivity index (χ1n) is 4.38. The highest BCUT2D eigenvalue weighted by atomic mass is 32.1. The highest BCUT2D eigenvalue weighted by Gasteiger charge is 2.06. The molecule has 2 nitrogen and oxygen atoms in total. The molecule has 0 aliphatic rings. The summed E-state index contributed by atoms with van der Waals surface area (Å²) < 4.78 is 2.33. The smallest absolute Gasteiger partial charge is 0.0889 e. The Morgan fingerprint density at radius 1 is 1.14 bits per heavy atom. The average molecular weight is 200 g/mol. The summed E-state index contributed by atoms with van der Waals surface area (Å²) in [5.74, 6) is 0. The van der Waals surface area contributed by atoms with Gasteiger partial charge in [-0.2, -0.15) is 0 Å². The number of nitrogen functional groups attached to an aromatic ring is 1. The maximum Gasteiger partial charge on any atom is 0.0889 e. The highest BCUT2D eigenvalue weighted by Crippen LogP contribution is 2.35. The summed E-state index contributed by atoms with van der Waals surface area (Å²) in [7, 11) is 0. The van der Waals surface area contributed by atoms with Crippen LogP contribution in [-0.4, -0.2) is 4.98 Å². The van der Waals surface area contributed by atoms with E-state index in [0.29, 0.717) is 0 Å². The van der Waals surface area contributed by atoms with Crippen molar-refractivity contribution in [1.29, 1.82) is 0 Å². The van der Waals surface area contributed by atoms with Gasteiger partial charge < -0.3 is 5.73 Å². The highest BCUT2D eigenvalue weighted by molar-refractivity contribution is 7.26. The van der Waals surface area contributed by atoms with Gasteiger partial charge in [0.15, 0.2) is 0 Å². The summed E-state index contributed by atoms with van der Waals surface area (Å²) in [6.45, 7) is 0. The fourth-order valence-corrected chi connectivity index (χ4v) is 2.73. The molecule has 3 aromatic rings. The molecule has 2 aromatic heterocycles. The fourth-order valence-electron chi connectivity index (χ4n) is 1.64. The second-order valence-corrected chi connectivity index (χ2v) is 4.23. The van der Waals surface area contributed by atoms with Gasteiger partial charge in [0.25, 0.3) is 0 Å². The van der Waals surface area contributed by atoms with E-state index in [1.165, 1.54) is 4.70 Å². The third-order valence-electron chi connectivity index (χ3n) is 2.28. The molecule has 2 heterocycles. The van der Waals surface area contributed by atoms with Crippen molar-refractivity contribution in [3.8, 4) is 0 Å². The Kier molecular flexibility index (Phi) is 1.49. The predicted octanol–water partition coefficient (Wildman–Crippen LogP) is 3.03. The van der Waals surface area contributed by atoms with E-state index in [4.69, 9.17) is 5.73 Å². The molecule has 3 heteroatoms. The summed E-state index contributed by atoms with van der Waals surface area (Å²) in [5, 5.41) is 1.16. The molecule has 0 bridgehead atoms. The van der Waals surface area contributed by atoms with Crippen molar-refractivity contribution in [2.24, 2.45) is 0 Å². The molecule has 0 spiro atoms. The monoisotopic (exact) mass is 200 g/mol. The van der Waals surface area contributed by atoms with Gasteiger partial charge in [0.05, 0.1) is 14.9 Å². The molecule has 0 fully saturated rings. The molecular weight excluding hydrogens is 192 g/mol. The Balaban J connectivity index is 2.63. The van der Waals surface area contributed by atoms with Gasteiger partial charge in [-0.3, -0.25) is 4.98 Å². The van der Waals surface area contributed by atoms with Crippen LogP contribution < -0.4 is 5.73 Å². The number of nitrogens with zero attached hydrogens (tertiary/aromatic N) is 1. The van der Waals surface area contributed by atoms with Crippen LogP contribution in [-0.2, 0) is 0 Å². The minimum absolute atomic E-state index is 0.838. The zero-order valence-corrected chi connectivity index (χ0v) is 8.21. The van der Waals surface area contributed by atoms with E-state index in [1.807, 2.05) is 24.4 Å². The zero-order chi connectivity index (χ0) is 9.54. The van der Waals surface area contributed by atoms with Gasteiger partial charge in [-0.05, 0) is 18.2 Å². The van der Waals surface area contributed by atoms with Gasteiger partial charge in [-0.1, -0.05) is 12.1 Å². The number of thiophene rings is 1. The molecule has 2 N–H and O–H groups in total. The molecule has 0 atom stereocenters. The summed E-state index contributed by atoms with van der Waals surface area (Å²) in [6, 6.07) is 9.99. The van der Waals surface area contributed by atoms with E-state index < -0.39 is 0 Å². The van der Waals surface area contributed by atoms with Crippen LogP contribution in [0.5, 0.6) is 0 Å². The molecule has 0 radical (unpaired) electrons. The maximum absolute atomic E-state index is 5.90. The van der Waals surface area contributed by atoms with Crippen LogP contribution in [0.4, 0.5) is 5.69 Å². The first-order chi connectivity index (χ1) is 6.86. The lowest BCUT2D eigenvalue weighted by Crippen LogP contribution is -1.82. The topological polar surface area (TPSA) is 38.9 Å². The van der Waals surface area contributed by atoms with Crippen LogP contribution >= 0.6 is 11.3 Å². The number of pyridine rings is 1. The van der Waals surface area contributed by atoms with Crippen molar-refractivity contribution < 1.29 is 0 Å². The quantitative estimate of drug-likeness (QED) is 0.566. The summed E-state index contributed by atoms with van der Waals surface area (Å²) in [4.78, 5) is 4.37. The number of anilines is 1. The van der Waals surface area contributed by atoms with E-state index in [2.05, 4.69) is 17.1 Å². The van der Waals surface area contributed by atoms with Gasteiger partial charge in [0, 0.05) is 17.3 Å². The molecule has 0 unspecified atom stereocenters. The summed E-state index contributed by atoms with van der Waals surface area (Å²) in [6.07, 6.45) is 1.82. The van der Waals surface area contributed by atoms with E-state index in [-0.39, 0.29) is 0 Å². The second kappa shape index (κ2) is 2.69. The molecule has 0 saturated heterocycles. The molecule has 0 saturated carbocycles. The van der Waals surface area contributed by atoms with Crippen molar-refractivity contribution in [1.82, 2.24) is 4.98 Å². The Labute approximate surface area is 85.0 Å². The Morgan fingerprint density at radius 3 is 3.00 bits per heavy atom. The first kappa shape index (κ1) is 7.76. The Morgan fingerprint density at radius 2 is 2.07 bits per heavy atom. The van der Waals surface area contributed by atoms with Crippen LogP contribution in [0, 0.1) is 0 Å². The molecule has 14 heavy (non-hydrogen) atoms. The van der Waals surface area contributed by atoms with E-state index >= 15 is 0 Å². The molecule has 0 aliphatic carbocycles. The summed E-state index contributed by atoms with van der Waals surface area (Å²) in [5.41, 5.74) is 7.80. The number of rotatable bonds is 0. The van der Waals surface area contributed by atoms with Crippen LogP contribution in [0.2, 0.25) is 0 Å².